The second-order valence-corrected chi connectivity index (χ2v) is 9.22. The number of anilines is 1. The molecule has 39 heavy (non-hydrogen) atoms. The van der Waals surface area contributed by atoms with Crippen LogP contribution in [0.1, 0.15) is 50.4 Å². The van der Waals surface area contributed by atoms with Crippen LogP contribution in [0.4, 0.5) is 28.0 Å². The van der Waals surface area contributed by atoms with Crippen molar-refractivity contribution in [2.45, 2.75) is 26.1 Å². The second kappa shape index (κ2) is 10.9. The molecule has 0 radical (unpaired) electrons. The van der Waals surface area contributed by atoms with E-state index >= 15 is 0 Å². The van der Waals surface area contributed by atoms with Gasteiger partial charge in [0.25, 0.3) is 5.91 Å². The molecule has 7 nitrogen and oxygen atoms in total. The molecule has 0 spiro atoms. The number of benzene rings is 3. The summed E-state index contributed by atoms with van der Waals surface area (Å²) >= 11 is 6.32. The van der Waals surface area contributed by atoms with Crippen molar-refractivity contribution in [3.05, 3.63) is 98.6 Å². The van der Waals surface area contributed by atoms with E-state index in [1.807, 2.05) is 0 Å². The minimum Gasteiger partial charge on any atom is -0.465 e. The molecule has 0 saturated carbocycles. The lowest BCUT2D eigenvalue weighted by Gasteiger charge is -2.40. The third-order valence-electron chi connectivity index (χ3n) is 6.59. The Bertz CT molecular complexity index is 1480. The number of hydrogen-bond acceptors (Lipinski definition) is 4. The average Bonchev–Trinajstić information content (AvgIpc) is 2.90. The van der Waals surface area contributed by atoms with Crippen molar-refractivity contribution < 1.29 is 36.7 Å². The Morgan fingerprint density at radius 2 is 1.67 bits per heavy atom. The number of urea groups is 1. The van der Waals surface area contributed by atoms with Gasteiger partial charge in [0.2, 0.25) is 0 Å². The molecule has 204 valence electrons. The van der Waals surface area contributed by atoms with E-state index < -0.39 is 59.3 Å². The average molecular weight is 564 g/mol. The zero-order valence-electron chi connectivity index (χ0n) is 21.0. The summed E-state index contributed by atoms with van der Waals surface area (Å²) in [4.78, 5) is 40.8. The van der Waals surface area contributed by atoms with Crippen molar-refractivity contribution in [1.82, 2.24) is 10.2 Å². The predicted octanol–water partition coefficient (Wildman–Crippen LogP) is 5.75. The van der Waals surface area contributed by atoms with Crippen molar-refractivity contribution in [1.29, 1.82) is 0 Å². The van der Waals surface area contributed by atoms with E-state index in [2.05, 4.69) is 10.1 Å². The van der Waals surface area contributed by atoms with Crippen molar-refractivity contribution in [3.63, 3.8) is 0 Å². The molecule has 0 fully saturated rings. The highest BCUT2D eigenvalue weighted by atomic mass is 35.5. The van der Waals surface area contributed by atoms with Gasteiger partial charge < -0.3 is 15.0 Å². The van der Waals surface area contributed by atoms with Gasteiger partial charge in [-0.3, -0.25) is 9.69 Å². The van der Waals surface area contributed by atoms with Crippen LogP contribution in [-0.2, 0) is 17.8 Å². The Morgan fingerprint density at radius 1 is 1.00 bits per heavy atom. The molecule has 3 aromatic carbocycles. The number of amides is 3. The van der Waals surface area contributed by atoms with E-state index in [4.69, 9.17) is 11.6 Å². The number of esters is 1. The summed E-state index contributed by atoms with van der Waals surface area (Å²) in [5.41, 5.74) is 0.196. The van der Waals surface area contributed by atoms with E-state index in [-0.39, 0.29) is 33.9 Å². The quantitative estimate of drug-likeness (QED) is 0.306. The number of methoxy groups -OCH3 is 1. The largest absolute Gasteiger partial charge is 0.465 e. The fourth-order valence-corrected chi connectivity index (χ4v) is 4.56. The minimum atomic E-state index is -1.15. The third kappa shape index (κ3) is 5.26. The van der Waals surface area contributed by atoms with Crippen LogP contribution in [0.2, 0.25) is 5.02 Å². The monoisotopic (exact) mass is 563 g/mol. The van der Waals surface area contributed by atoms with Crippen molar-refractivity contribution in [2.75, 3.05) is 19.1 Å². The normalized spacial score (nSPS) is 14.8. The van der Waals surface area contributed by atoms with Crippen LogP contribution in [0, 0.1) is 23.3 Å². The lowest BCUT2D eigenvalue weighted by atomic mass is 9.98. The Labute approximate surface area is 225 Å². The minimum absolute atomic E-state index is 0.0427. The first-order valence-electron chi connectivity index (χ1n) is 11.6. The molecule has 0 bridgehead atoms. The van der Waals surface area contributed by atoms with Crippen LogP contribution in [0.3, 0.4) is 0 Å². The predicted molar refractivity (Wildman–Crippen MR) is 134 cm³/mol. The summed E-state index contributed by atoms with van der Waals surface area (Å²) in [6.07, 6.45) is 0. The fraction of sp³-hybridized carbons (Fsp3) is 0.222. The van der Waals surface area contributed by atoms with Crippen molar-refractivity contribution >= 4 is 35.2 Å². The Hall–Kier alpha value is -4.12. The number of carbonyl (C=O) groups excluding carboxylic acids is 3. The van der Waals surface area contributed by atoms with E-state index in [0.29, 0.717) is 17.7 Å². The summed E-state index contributed by atoms with van der Waals surface area (Å²) in [6.45, 7) is 0.825. The Balaban J connectivity index is 1.69. The van der Waals surface area contributed by atoms with Crippen LogP contribution in [-0.4, -0.2) is 37.0 Å². The number of ether oxygens (including phenoxy) is 1. The smallest absolute Gasteiger partial charge is 0.339 e. The molecule has 1 heterocycles. The molecule has 1 aliphatic rings. The first-order chi connectivity index (χ1) is 18.4. The number of nitrogens with one attached hydrogen (secondary N) is 1. The van der Waals surface area contributed by atoms with Gasteiger partial charge in [0.1, 0.15) is 23.3 Å². The molecule has 0 aromatic heterocycles. The zero-order valence-corrected chi connectivity index (χ0v) is 21.7. The lowest BCUT2D eigenvalue weighted by Crippen LogP contribution is -2.46. The highest BCUT2D eigenvalue weighted by Crippen LogP contribution is 2.38. The summed E-state index contributed by atoms with van der Waals surface area (Å²) in [5, 5.41) is 2.15. The number of nitrogens with zero attached hydrogens (tertiary/aromatic N) is 2. The molecule has 3 aromatic rings. The van der Waals surface area contributed by atoms with Crippen LogP contribution >= 0.6 is 11.6 Å². The summed E-state index contributed by atoms with van der Waals surface area (Å²) in [6, 6.07) is 6.73. The second-order valence-electron chi connectivity index (χ2n) is 8.84. The first kappa shape index (κ1) is 27.9. The Kier molecular flexibility index (Phi) is 7.82. The first-order valence-corrected chi connectivity index (χ1v) is 12.0. The fourth-order valence-electron chi connectivity index (χ4n) is 4.27. The van der Waals surface area contributed by atoms with Gasteiger partial charge >= 0.3 is 12.0 Å². The van der Waals surface area contributed by atoms with Crippen LogP contribution in [0.15, 0.2) is 42.5 Å². The van der Waals surface area contributed by atoms with Crippen LogP contribution in [0.25, 0.3) is 0 Å². The van der Waals surface area contributed by atoms with E-state index in [1.54, 1.807) is 20.0 Å². The topological polar surface area (TPSA) is 79.0 Å². The van der Waals surface area contributed by atoms with Gasteiger partial charge in [-0.05, 0) is 36.8 Å². The van der Waals surface area contributed by atoms with Crippen LogP contribution < -0.4 is 10.2 Å². The van der Waals surface area contributed by atoms with E-state index in [9.17, 15) is 31.9 Å². The van der Waals surface area contributed by atoms with Gasteiger partial charge in [-0.1, -0.05) is 17.7 Å². The third-order valence-corrected chi connectivity index (χ3v) is 7.02. The number of rotatable bonds is 6. The highest BCUT2D eigenvalue weighted by molar-refractivity contribution is 6.34. The van der Waals surface area contributed by atoms with Crippen molar-refractivity contribution in [3.8, 4) is 0 Å². The van der Waals surface area contributed by atoms with Gasteiger partial charge in [0.05, 0.1) is 36.0 Å². The van der Waals surface area contributed by atoms with Gasteiger partial charge in [-0.25, -0.2) is 27.2 Å². The molecule has 1 atom stereocenters. The number of hydrogen-bond donors (Lipinski definition) is 1. The number of fused-ring (bicyclic) bond motifs is 1. The van der Waals surface area contributed by atoms with Crippen molar-refractivity contribution in [2.24, 2.45) is 0 Å². The standard InChI is InChI=1S/C27H22ClF4N3O4/c1-13-16-5-4-14(25(36)33-11-18-21(31)9-15(29)10-22(18)32)8-23(16)35(27(38)34(13)2)12-19-20(30)7-6-17(24(19)28)26(37)39-3/h4-10,13H,11-12H2,1-3H3,(H,33,36)/t13-/m0/s1. The van der Waals surface area contributed by atoms with Gasteiger partial charge in [0, 0.05) is 42.4 Å². The Morgan fingerprint density at radius 3 is 2.31 bits per heavy atom. The SMILES string of the molecule is COC(=O)c1ccc(F)c(CN2C(=O)N(C)[C@@H](C)c3ccc(C(=O)NCc4c(F)cc(F)cc4F)cc32)c1Cl. The maximum Gasteiger partial charge on any atom is 0.339 e. The maximum absolute atomic E-state index is 14.9. The molecule has 1 aliphatic heterocycles. The molecule has 0 unspecified atom stereocenters. The summed E-state index contributed by atoms with van der Waals surface area (Å²) in [7, 11) is 2.70. The molecule has 0 aliphatic carbocycles. The summed E-state index contributed by atoms with van der Waals surface area (Å²) in [5.74, 6) is -5.67. The highest BCUT2D eigenvalue weighted by Gasteiger charge is 2.35. The molecular formula is C27H22ClF4N3O4. The molecule has 1 N–H and O–H groups in total. The van der Waals surface area contributed by atoms with E-state index in [1.165, 1.54) is 28.0 Å². The van der Waals surface area contributed by atoms with Gasteiger partial charge in [-0.15, -0.1) is 0 Å². The molecule has 4 rings (SSSR count). The molecular weight excluding hydrogens is 542 g/mol. The molecule has 0 saturated heterocycles. The lowest BCUT2D eigenvalue weighted by molar-refractivity contribution is 0.0600. The molecule has 12 heteroatoms. The summed E-state index contributed by atoms with van der Waals surface area (Å²) < 4.78 is 60.7. The molecule has 3 amide bonds. The zero-order chi connectivity index (χ0) is 28.6. The number of halogens is 5. The van der Waals surface area contributed by atoms with Gasteiger partial charge in [-0.2, -0.15) is 0 Å². The maximum atomic E-state index is 14.9. The van der Waals surface area contributed by atoms with Crippen LogP contribution in [0.5, 0.6) is 0 Å². The number of carbonyl (C=O) groups is 3. The van der Waals surface area contributed by atoms with E-state index in [0.717, 1.165) is 13.2 Å². The van der Waals surface area contributed by atoms with Gasteiger partial charge in [0.15, 0.2) is 0 Å².